The van der Waals surface area contributed by atoms with Crippen LogP contribution in [-0.4, -0.2) is 9.97 Å². The maximum atomic E-state index is 13.4. The monoisotopic (exact) mass is 289 g/mol. The van der Waals surface area contributed by atoms with Crippen LogP contribution in [0.15, 0.2) is 24.5 Å². The fourth-order valence-electron chi connectivity index (χ4n) is 1.91. The number of nitrogens with zero attached hydrogens (tertiary/aromatic N) is 2. The molecule has 0 unspecified atom stereocenters. The molecule has 4 nitrogen and oxygen atoms in total. The Labute approximate surface area is 119 Å². The van der Waals surface area contributed by atoms with E-state index in [9.17, 15) is 4.39 Å². The third-order valence-corrected chi connectivity index (χ3v) is 4.23. The highest BCUT2D eigenvalue weighted by atomic mass is 32.1. The van der Waals surface area contributed by atoms with Crippen LogP contribution in [0.5, 0.6) is 11.6 Å². The van der Waals surface area contributed by atoms with E-state index in [2.05, 4.69) is 9.97 Å². The van der Waals surface area contributed by atoms with E-state index in [1.165, 1.54) is 18.5 Å². The maximum Gasteiger partial charge on any atom is 0.231 e. The Balaban J connectivity index is 2.08. The van der Waals surface area contributed by atoms with Crippen molar-refractivity contribution in [2.45, 2.75) is 13.8 Å². The van der Waals surface area contributed by atoms with E-state index < -0.39 is 5.82 Å². The van der Waals surface area contributed by atoms with Crippen LogP contribution in [0.25, 0.3) is 10.2 Å². The van der Waals surface area contributed by atoms with Gasteiger partial charge in [0.15, 0.2) is 0 Å². The molecule has 0 bridgehead atoms. The van der Waals surface area contributed by atoms with Gasteiger partial charge >= 0.3 is 0 Å². The molecular formula is C14H12FN3OS. The molecule has 0 spiro atoms. The predicted octanol–water partition coefficient (Wildman–Crippen LogP) is 3.82. The molecule has 2 N–H and O–H groups in total. The number of fused-ring (bicyclic) bond motifs is 1. The van der Waals surface area contributed by atoms with E-state index in [0.29, 0.717) is 11.6 Å². The van der Waals surface area contributed by atoms with Crippen molar-refractivity contribution >= 4 is 27.2 Å². The summed E-state index contributed by atoms with van der Waals surface area (Å²) in [7, 11) is 0. The number of ether oxygens (including phenoxy) is 1. The fraction of sp³-hybridized carbons (Fsp3) is 0.143. The highest BCUT2D eigenvalue weighted by molar-refractivity contribution is 7.18. The van der Waals surface area contributed by atoms with Crippen molar-refractivity contribution < 1.29 is 9.13 Å². The van der Waals surface area contributed by atoms with Gasteiger partial charge in [0.1, 0.15) is 22.7 Å². The van der Waals surface area contributed by atoms with Crippen LogP contribution in [0.4, 0.5) is 10.1 Å². The molecule has 0 fully saturated rings. The number of nitrogens with two attached hydrogens (primary N) is 1. The van der Waals surface area contributed by atoms with Gasteiger partial charge in [-0.2, -0.15) is 0 Å². The Bertz CT molecular complexity index is 800. The van der Waals surface area contributed by atoms with E-state index in [1.807, 2.05) is 13.8 Å². The highest BCUT2D eigenvalue weighted by Crippen LogP contribution is 2.35. The molecule has 0 amide bonds. The zero-order valence-electron chi connectivity index (χ0n) is 11.0. The van der Waals surface area contributed by atoms with Crippen LogP contribution in [0.3, 0.4) is 0 Å². The number of benzene rings is 1. The molecule has 20 heavy (non-hydrogen) atoms. The SMILES string of the molecule is Cc1sc2ncnc(Oc3ccc(N)c(F)c3)c2c1C. The summed E-state index contributed by atoms with van der Waals surface area (Å²) in [4.78, 5) is 10.4. The molecule has 3 rings (SSSR count). The van der Waals surface area contributed by atoms with Crippen LogP contribution in [-0.2, 0) is 0 Å². The Hall–Kier alpha value is -2.21. The zero-order valence-corrected chi connectivity index (χ0v) is 11.8. The predicted molar refractivity (Wildman–Crippen MR) is 77.8 cm³/mol. The Morgan fingerprint density at radius 3 is 2.80 bits per heavy atom. The van der Waals surface area contributed by atoms with Crippen molar-refractivity contribution in [1.82, 2.24) is 9.97 Å². The first kappa shape index (κ1) is 12.8. The van der Waals surface area contributed by atoms with Crippen LogP contribution >= 0.6 is 11.3 Å². The minimum absolute atomic E-state index is 0.0905. The van der Waals surface area contributed by atoms with Gasteiger partial charge in [0.05, 0.1) is 11.1 Å². The van der Waals surface area contributed by atoms with Crippen LogP contribution in [0, 0.1) is 19.7 Å². The smallest absolute Gasteiger partial charge is 0.231 e. The molecule has 3 aromatic rings. The summed E-state index contributed by atoms with van der Waals surface area (Å²) in [6.45, 7) is 4.02. The Kier molecular flexibility index (Phi) is 3.02. The number of halogens is 1. The van der Waals surface area contributed by atoms with E-state index in [0.717, 1.165) is 20.7 Å². The molecule has 6 heteroatoms. The van der Waals surface area contributed by atoms with Gasteiger partial charge in [0.25, 0.3) is 0 Å². The number of aryl methyl sites for hydroxylation is 2. The average molecular weight is 289 g/mol. The average Bonchev–Trinajstić information content (AvgIpc) is 2.71. The molecule has 0 saturated carbocycles. The van der Waals surface area contributed by atoms with Crippen molar-refractivity contribution in [1.29, 1.82) is 0 Å². The van der Waals surface area contributed by atoms with Crippen molar-refractivity contribution in [3.8, 4) is 11.6 Å². The van der Waals surface area contributed by atoms with Gasteiger partial charge in [-0.05, 0) is 31.5 Å². The largest absolute Gasteiger partial charge is 0.438 e. The molecule has 0 radical (unpaired) electrons. The van der Waals surface area contributed by atoms with Crippen molar-refractivity contribution in [2.24, 2.45) is 0 Å². The van der Waals surface area contributed by atoms with Crippen molar-refractivity contribution in [2.75, 3.05) is 5.73 Å². The second kappa shape index (κ2) is 4.72. The minimum Gasteiger partial charge on any atom is -0.438 e. The number of thiophene rings is 1. The summed E-state index contributed by atoms with van der Waals surface area (Å²) < 4.78 is 19.1. The standard InChI is InChI=1S/C14H12FN3OS/c1-7-8(2)20-14-12(7)13(17-6-18-14)19-9-3-4-11(16)10(15)5-9/h3-6H,16H2,1-2H3. The first-order valence-corrected chi connectivity index (χ1v) is 6.81. The summed E-state index contributed by atoms with van der Waals surface area (Å²) in [5, 5.41) is 0.868. The molecule has 2 heterocycles. The molecular weight excluding hydrogens is 277 g/mol. The highest BCUT2D eigenvalue weighted by Gasteiger charge is 2.14. The van der Waals surface area contributed by atoms with Gasteiger partial charge in [0.2, 0.25) is 5.88 Å². The second-order valence-corrected chi connectivity index (χ2v) is 5.63. The molecule has 0 aliphatic carbocycles. The van der Waals surface area contributed by atoms with E-state index in [4.69, 9.17) is 10.5 Å². The van der Waals surface area contributed by atoms with Gasteiger partial charge in [-0.3, -0.25) is 0 Å². The first-order valence-electron chi connectivity index (χ1n) is 6.00. The number of rotatable bonds is 2. The van der Waals surface area contributed by atoms with Crippen molar-refractivity contribution in [3.05, 3.63) is 40.8 Å². The molecule has 0 aliphatic heterocycles. The number of anilines is 1. The summed E-state index contributed by atoms with van der Waals surface area (Å²) in [6.07, 6.45) is 1.45. The van der Waals surface area contributed by atoms with E-state index in [-0.39, 0.29) is 5.69 Å². The van der Waals surface area contributed by atoms with E-state index in [1.54, 1.807) is 17.4 Å². The minimum atomic E-state index is -0.508. The zero-order chi connectivity index (χ0) is 14.3. The summed E-state index contributed by atoms with van der Waals surface area (Å²) in [5.41, 5.74) is 6.62. The molecule has 0 atom stereocenters. The molecule has 102 valence electrons. The number of aromatic nitrogens is 2. The first-order chi connectivity index (χ1) is 9.56. The van der Waals surface area contributed by atoms with Crippen LogP contribution in [0.2, 0.25) is 0 Å². The Morgan fingerprint density at radius 2 is 2.05 bits per heavy atom. The third-order valence-electron chi connectivity index (χ3n) is 3.12. The third kappa shape index (κ3) is 2.08. The Morgan fingerprint density at radius 1 is 1.25 bits per heavy atom. The van der Waals surface area contributed by atoms with Gasteiger partial charge in [-0.25, -0.2) is 14.4 Å². The summed E-state index contributed by atoms with van der Waals surface area (Å²) >= 11 is 1.58. The van der Waals surface area contributed by atoms with Crippen LogP contribution < -0.4 is 10.5 Å². The normalized spacial score (nSPS) is 10.9. The molecule has 0 aliphatic rings. The quantitative estimate of drug-likeness (QED) is 0.728. The fourth-order valence-corrected chi connectivity index (χ4v) is 2.90. The summed E-state index contributed by atoms with van der Waals surface area (Å²) in [6, 6.07) is 4.33. The lowest BCUT2D eigenvalue weighted by Crippen LogP contribution is -1.94. The summed E-state index contributed by atoms with van der Waals surface area (Å²) in [5.74, 6) is 0.284. The molecule has 1 aromatic carbocycles. The van der Waals surface area contributed by atoms with Crippen LogP contribution in [0.1, 0.15) is 10.4 Å². The second-order valence-electron chi connectivity index (χ2n) is 4.43. The molecule has 2 aromatic heterocycles. The lowest BCUT2D eigenvalue weighted by atomic mass is 10.2. The number of hydrogen-bond donors (Lipinski definition) is 1. The number of nitrogen functional groups attached to an aromatic ring is 1. The van der Waals surface area contributed by atoms with Gasteiger partial charge in [-0.15, -0.1) is 11.3 Å². The van der Waals surface area contributed by atoms with Gasteiger partial charge in [0, 0.05) is 10.9 Å². The van der Waals surface area contributed by atoms with Gasteiger partial charge < -0.3 is 10.5 Å². The van der Waals surface area contributed by atoms with Crippen molar-refractivity contribution in [3.63, 3.8) is 0 Å². The topological polar surface area (TPSA) is 61.0 Å². The lowest BCUT2D eigenvalue weighted by molar-refractivity contribution is 0.463. The van der Waals surface area contributed by atoms with E-state index >= 15 is 0 Å². The molecule has 0 saturated heterocycles. The maximum absolute atomic E-state index is 13.4. The van der Waals surface area contributed by atoms with Gasteiger partial charge in [-0.1, -0.05) is 0 Å². The lowest BCUT2D eigenvalue weighted by Gasteiger charge is -2.07. The number of hydrogen-bond acceptors (Lipinski definition) is 5.